The predicted molar refractivity (Wildman–Crippen MR) is 82.6 cm³/mol. The Hall–Kier alpha value is -2.21. The molecule has 0 bridgehead atoms. The van der Waals surface area contributed by atoms with Gasteiger partial charge in [-0.15, -0.1) is 11.3 Å². The maximum absolute atomic E-state index is 10.9. The minimum Gasteiger partial charge on any atom is -0.481 e. The molecule has 0 aliphatic heterocycles. The van der Waals surface area contributed by atoms with Gasteiger partial charge in [-0.05, 0) is 37.1 Å². The van der Waals surface area contributed by atoms with Crippen molar-refractivity contribution in [1.29, 1.82) is 0 Å². The lowest BCUT2D eigenvalue weighted by Gasteiger charge is -2.07. The van der Waals surface area contributed by atoms with E-state index >= 15 is 0 Å². The summed E-state index contributed by atoms with van der Waals surface area (Å²) in [6, 6.07) is 4.10. The first-order chi connectivity index (χ1) is 10.1. The number of thiazole rings is 1. The van der Waals surface area contributed by atoms with Crippen LogP contribution in [0.15, 0.2) is 23.0 Å². The molecule has 1 aromatic carbocycles. The van der Waals surface area contributed by atoms with Crippen molar-refractivity contribution in [2.24, 2.45) is 0 Å². The van der Waals surface area contributed by atoms with E-state index in [9.17, 15) is 4.79 Å². The SMILES string of the molecule is Cc1cc2nc(-c3cscn3)n(CCC(=O)O)c2cc1C. The van der Waals surface area contributed by atoms with Crippen molar-refractivity contribution < 1.29 is 9.90 Å². The first-order valence-electron chi connectivity index (χ1n) is 6.64. The summed E-state index contributed by atoms with van der Waals surface area (Å²) in [7, 11) is 0. The maximum atomic E-state index is 10.9. The molecule has 108 valence electrons. The van der Waals surface area contributed by atoms with E-state index in [2.05, 4.69) is 16.0 Å². The number of aromatic nitrogens is 3. The quantitative estimate of drug-likeness (QED) is 0.803. The van der Waals surface area contributed by atoms with Crippen LogP contribution in [0.4, 0.5) is 0 Å². The van der Waals surface area contributed by atoms with Gasteiger partial charge in [-0.3, -0.25) is 4.79 Å². The van der Waals surface area contributed by atoms with Gasteiger partial charge in [-0.2, -0.15) is 0 Å². The van der Waals surface area contributed by atoms with Crippen LogP contribution in [0, 0.1) is 13.8 Å². The minimum absolute atomic E-state index is 0.0650. The van der Waals surface area contributed by atoms with Crippen LogP contribution in [0.25, 0.3) is 22.6 Å². The lowest BCUT2D eigenvalue weighted by atomic mass is 10.1. The van der Waals surface area contributed by atoms with Gasteiger partial charge >= 0.3 is 5.97 Å². The number of hydrogen-bond acceptors (Lipinski definition) is 4. The zero-order valence-electron chi connectivity index (χ0n) is 11.8. The molecule has 0 fully saturated rings. The highest BCUT2D eigenvalue weighted by atomic mass is 32.1. The number of carbonyl (C=O) groups is 1. The molecule has 0 atom stereocenters. The van der Waals surface area contributed by atoms with Gasteiger partial charge in [0.1, 0.15) is 5.69 Å². The summed E-state index contributed by atoms with van der Waals surface area (Å²) in [5, 5.41) is 10.9. The van der Waals surface area contributed by atoms with Crippen LogP contribution in [0.3, 0.4) is 0 Å². The first kappa shape index (κ1) is 13.8. The summed E-state index contributed by atoms with van der Waals surface area (Å²) in [5.41, 5.74) is 6.73. The molecule has 0 amide bonds. The van der Waals surface area contributed by atoms with E-state index < -0.39 is 5.97 Å². The Morgan fingerprint density at radius 2 is 2.10 bits per heavy atom. The van der Waals surface area contributed by atoms with Crippen LogP contribution in [0.1, 0.15) is 17.5 Å². The average Bonchev–Trinajstić information content (AvgIpc) is 3.04. The standard InChI is InChI=1S/C15H15N3O2S/c1-9-5-11-13(6-10(9)2)18(4-3-14(19)20)15(17-11)12-7-21-8-16-12/h5-8H,3-4H2,1-2H3,(H,19,20). The zero-order chi connectivity index (χ0) is 15.0. The molecule has 2 aromatic heterocycles. The monoisotopic (exact) mass is 301 g/mol. The van der Waals surface area contributed by atoms with E-state index in [4.69, 9.17) is 5.11 Å². The fourth-order valence-corrected chi connectivity index (χ4v) is 2.86. The number of imidazole rings is 1. The summed E-state index contributed by atoms with van der Waals surface area (Å²) < 4.78 is 1.95. The fourth-order valence-electron chi connectivity index (χ4n) is 2.33. The van der Waals surface area contributed by atoms with Gasteiger partial charge in [0, 0.05) is 11.9 Å². The molecular weight excluding hydrogens is 286 g/mol. The van der Waals surface area contributed by atoms with Crippen molar-refractivity contribution in [1.82, 2.24) is 14.5 Å². The smallest absolute Gasteiger partial charge is 0.305 e. The number of carboxylic acids is 1. The molecule has 0 radical (unpaired) electrons. The first-order valence-corrected chi connectivity index (χ1v) is 7.58. The third kappa shape index (κ3) is 2.54. The van der Waals surface area contributed by atoms with E-state index in [1.165, 1.54) is 22.5 Å². The van der Waals surface area contributed by atoms with E-state index in [-0.39, 0.29) is 6.42 Å². The Bertz CT molecular complexity index is 806. The van der Waals surface area contributed by atoms with E-state index in [0.29, 0.717) is 6.54 Å². The number of carboxylic acid groups (broad SMARTS) is 1. The lowest BCUT2D eigenvalue weighted by Crippen LogP contribution is -2.06. The highest BCUT2D eigenvalue weighted by molar-refractivity contribution is 7.07. The van der Waals surface area contributed by atoms with Crippen molar-refractivity contribution in [3.8, 4) is 11.5 Å². The van der Waals surface area contributed by atoms with Crippen molar-refractivity contribution in [3.63, 3.8) is 0 Å². The maximum Gasteiger partial charge on any atom is 0.305 e. The van der Waals surface area contributed by atoms with Gasteiger partial charge in [-0.1, -0.05) is 0 Å². The Balaban J connectivity index is 2.20. The summed E-state index contributed by atoms with van der Waals surface area (Å²) in [6.07, 6.45) is 0.0650. The fraction of sp³-hybridized carbons (Fsp3) is 0.267. The highest BCUT2D eigenvalue weighted by Gasteiger charge is 2.15. The van der Waals surface area contributed by atoms with Gasteiger partial charge in [0.05, 0.1) is 23.0 Å². The minimum atomic E-state index is -0.815. The molecule has 5 nitrogen and oxygen atoms in total. The molecule has 0 saturated carbocycles. The Morgan fingerprint density at radius 1 is 1.33 bits per heavy atom. The molecule has 0 unspecified atom stereocenters. The lowest BCUT2D eigenvalue weighted by molar-refractivity contribution is -0.137. The second-order valence-corrected chi connectivity index (χ2v) is 5.75. The molecule has 21 heavy (non-hydrogen) atoms. The molecule has 0 saturated heterocycles. The van der Waals surface area contributed by atoms with Crippen molar-refractivity contribution in [2.75, 3.05) is 0 Å². The normalized spacial score (nSPS) is 11.1. The van der Waals surface area contributed by atoms with Crippen LogP contribution < -0.4 is 0 Å². The second kappa shape index (κ2) is 5.29. The number of nitrogens with zero attached hydrogens (tertiary/aromatic N) is 3. The molecular formula is C15H15N3O2S. The highest BCUT2D eigenvalue weighted by Crippen LogP contribution is 2.27. The molecule has 6 heteroatoms. The van der Waals surface area contributed by atoms with Crippen molar-refractivity contribution >= 4 is 28.3 Å². The van der Waals surface area contributed by atoms with Gasteiger partial charge < -0.3 is 9.67 Å². The summed E-state index contributed by atoms with van der Waals surface area (Å²) in [4.78, 5) is 19.9. The van der Waals surface area contributed by atoms with Crippen molar-refractivity contribution in [3.05, 3.63) is 34.2 Å². The number of benzene rings is 1. The van der Waals surface area contributed by atoms with Crippen LogP contribution >= 0.6 is 11.3 Å². The Labute approximate surface area is 125 Å². The summed E-state index contributed by atoms with van der Waals surface area (Å²) >= 11 is 1.50. The third-order valence-corrected chi connectivity index (χ3v) is 4.16. The number of aliphatic carboxylic acids is 1. The summed E-state index contributed by atoms with van der Waals surface area (Å²) in [5.74, 6) is -0.0811. The molecule has 2 heterocycles. The second-order valence-electron chi connectivity index (χ2n) is 5.03. The number of aryl methyl sites for hydroxylation is 3. The van der Waals surface area contributed by atoms with Gasteiger partial charge in [0.25, 0.3) is 0 Å². The molecule has 3 aromatic rings. The van der Waals surface area contributed by atoms with Gasteiger partial charge in [0.2, 0.25) is 0 Å². The topological polar surface area (TPSA) is 68.0 Å². The number of hydrogen-bond donors (Lipinski definition) is 1. The molecule has 0 aliphatic carbocycles. The average molecular weight is 301 g/mol. The largest absolute Gasteiger partial charge is 0.481 e. The van der Waals surface area contributed by atoms with Gasteiger partial charge in [-0.25, -0.2) is 9.97 Å². The van der Waals surface area contributed by atoms with Crippen LogP contribution in [0.5, 0.6) is 0 Å². The van der Waals surface area contributed by atoms with Crippen LogP contribution in [0.2, 0.25) is 0 Å². The molecule has 3 rings (SSSR count). The Kier molecular flexibility index (Phi) is 3.47. The van der Waals surface area contributed by atoms with E-state index in [0.717, 1.165) is 22.6 Å². The van der Waals surface area contributed by atoms with E-state index in [1.54, 1.807) is 5.51 Å². The Morgan fingerprint density at radius 3 is 2.76 bits per heavy atom. The van der Waals surface area contributed by atoms with Crippen molar-refractivity contribution in [2.45, 2.75) is 26.8 Å². The molecule has 1 N–H and O–H groups in total. The van der Waals surface area contributed by atoms with Crippen LogP contribution in [-0.2, 0) is 11.3 Å². The third-order valence-electron chi connectivity index (χ3n) is 3.57. The number of fused-ring (bicyclic) bond motifs is 1. The number of rotatable bonds is 4. The predicted octanol–water partition coefficient (Wildman–Crippen LogP) is 3.25. The summed E-state index contributed by atoms with van der Waals surface area (Å²) in [6.45, 7) is 4.49. The zero-order valence-corrected chi connectivity index (χ0v) is 12.6. The molecule has 0 spiro atoms. The van der Waals surface area contributed by atoms with Crippen LogP contribution in [-0.4, -0.2) is 25.6 Å². The molecule has 0 aliphatic rings. The van der Waals surface area contributed by atoms with Gasteiger partial charge in [0.15, 0.2) is 5.82 Å². The van der Waals surface area contributed by atoms with E-state index in [1.807, 2.05) is 29.9 Å².